The average molecular weight is 587 g/mol. The molecule has 0 aliphatic carbocycles. The van der Waals surface area contributed by atoms with Gasteiger partial charge in [-0.15, -0.1) is 0 Å². The molecule has 1 aliphatic rings. The zero-order valence-electron chi connectivity index (χ0n) is 25.4. The summed E-state index contributed by atoms with van der Waals surface area (Å²) < 4.78 is 11.8. The van der Waals surface area contributed by atoms with Crippen molar-refractivity contribution in [2.75, 3.05) is 0 Å². The minimum atomic E-state index is -0.0510. The number of para-hydroxylation sites is 1. The first kappa shape index (κ1) is 24.5. The highest BCUT2D eigenvalue weighted by molar-refractivity contribution is 6.98. The van der Waals surface area contributed by atoms with Gasteiger partial charge in [0.25, 0.3) is 6.71 Å². The summed E-state index contributed by atoms with van der Waals surface area (Å²) in [7, 11) is 0. The van der Waals surface area contributed by atoms with Crippen LogP contribution in [0.3, 0.4) is 0 Å². The molecule has 0 atom stereocenters. The van der Waals surface area contributed by atoms with Gasteiger partial charge in [0, 0.05) is 21.5 Å². The van der Waals surface area contributed by atoms with E-state index in [4.69, 9.17) is 9.40 Å². The number of imidazole rings is 1. The third kappa shape index (κ3) is 2.85. The Balaban J connectivity index is 1.47. The Hall–Kier alpha value is -5.81. The van der Waals surface area contributed by atoms with Crippen molar-refractivity contribution in [1.29, 1.82) is 0 Å². The van der Waals surface area contributed by atoms with Crippen molar-refractivity contribution in [3.05, 3.63) is 132 Å². The van der Waals surface area contributed by atoms with Crippen LogP contribution in [0.15, 0.2) is 126 Å². The Morgan fingerprint density at radius 3 is 2.09 bits per heavy atom. The molecule has 214 valence electrons. The summed E-state index contributed by atoms with van der Waals surface area (Å²) in [5.41, 5.74) is 12.6. The van der Waals surface area contributed by atoms with Gasteiger partial charge in [0.15, 0.2) is 0 Å². The van der Waals surface area contributed by atoms with E-state index in [1.54, 1.807) is 0 Å². The van der Waals surface area contributed by atoms with Crippen LogP contribution < -0.4 is 16.6 Å². The van der Waals surface area contributed by atoms with Gasteiger partial charge in [-0.2, -0.15) is 0 Å². The van der Waals surface area contributed by atoms with Crippen LogP contribution in [0.25, 0.3) is 76.8 Å². The molecule has 4 heterocycles. The molecule has 0 spiro atoms. The molecule has 0 fully saturated rings. The molecule has 11 rings (SSSR count). The van der Waals surface area contributed by atoms with E-state index in [0.29, 0.717) is 0 Å². The van der Waals surface area contributed by atoms with Crippen molar-refractivity contribution in [2.24, 2.45) is 0 Å². The Kier molecular flexibility index (Phi) is 4.51. The normalized spacial score (nSPS) is 13.0. The summed E-state index contributed by atoms with van der Waals surface area (Å²) in [6.07, 6.45) is 0. The van der Waals surface area contributed by atoms with E-state index in [9.17, 15) is 0 Å². The van der Waals surface area contributed by atoms with Gasteiger partial charge in [0.05, 0.1) is 33.4 Å². The monoisotopic (exact) mass is 587 g/mol. The first-order chi connectivity index (χ1) is 22.7. The summed E-state index contributed by atoms with van der Waals surface area (Å²) in [6, 6.07) is 43.9. The molecule has 4 nitrogen and oxygen atoms in total. The second-order valence-electron chi connectivity index (χ2n) is 12.8. The molecule has 0 saturated heterocycles. The van der Waals surface area contributed by atoms with Crippen LogP contribution in [0, 0.1) is 13.8 Å². The second-order valence-corrected chi connectivity index (χ2v) is 12.8. The molecular weight excluding hydrogens is 561 g/mol. The molecule has 1 aliphatic heterocycles. The highest BCUT2D eigenvalue weighted by Gasteiger charge is 2.40. The molecule has 7 aromatic carbocycles. The van der Waals surface area contributed by atoms with Crippen LogP contribution in [-0.2, 0) is 0 Å². The molecule has 0 radical (unpaired) electrons. The summed E-state index contributed by atoms with van der Waals surface area (Å²) >= 11 is 0. The molecule has 5 heteroatoms. The molecule has 46 heavy (non-hydrogen) atoms. The lowest BCUT2D eigenvalue weighted by Gasteiger charge is -2.28. The highest BCUT2D eigenvalue weighted by atomic mass is 16.3. The van der Waals surface area contributed by atoms with Crippen LogP contribution in [-0.4, -0.2) is 20.7 Å². The maximum Gasteiger partial charge on any atom is 0.293 e. The van der Waals surface area contributed by atoms with E-state index in [1.807, 2.05) is 0 Å². The third-order valence-electron chi connectivity index (χ3n) is 10.4. The van der Waals surface area contributed by atoms with Gasteiger partial charge in [-0.1, -0.05) is 120 Å². The quantitative estimate of drug-likeness (QED) is 0.144. The van der Waals surface area contributed by atoms with Gasteiger partial charge in [-0.05, 0) is 53.7 Å². The van der Waals surface area contributed by atoms with Crippen molar-refractivity contribution in [3.63, 3.8) is 0 Å². The third-order valence-corrected chi connectivity index (χ3v) is 10.4. The van der Waals surface area contributed by atoms with E-state index >= 15 is 0 Å². The van der Waals surface area contributed by atoms with Crippen molar-refractivity contribution in [2.45, 2.75) is 13.8 Å². The number of hydrogen-bond acceptors (Lipinski definition) is 2. The first-order valence-corrected chi connectivity index (χ1v) is 15.9. The molecule has 10 aromatic rings. The summed E-state index contributed by atoms with van der Waals surface area (Å²) in [5.74, 6) is 0.900. The van der Waals surface area contributed by atoms with Crippen molar-refractivity contribution >= 4 is 94.4 Å². The predicted octanol–water partition coefficient (Wildman–Crippen LogP) is 8.08. The Bertz CT molecular complexity index is 2940. The van der Waals surface area contributed by atoms with Crippen molar-refractivity contribution < 1.29 is 4.42 Å². The van der Waals surface area contributed by atoms with Crippen LogP contribution in [0.1, 0.15) is 11.1 Å². The SMILES string of the molecule is Cc1cccc(C)c1B1c2oc3ccccc3c2-n2c3c1ccc1cccc(c13)n1c3c4ccccc4c4ccccc4c3nc21. The number of furan rings is 1. The van der Waals surface area contributed by atoms with Crippen molar-refractivity contribution in [3.8, 4) is 5.69 Å². The minimum absolute atomic E-state index is 0.0510. The van der Waals surface area contributed by atoms with Crippen LogP contribution in [0.2, 0.25) is 0 Å². The fraction of sp³-hybridized carbons (Fsp3) is 0.0488. The van der Waals surface area contributed by atoms with Gasteiger partial charge < -0.3 is 4.42 Å². The smallest absolute Gasteiger partial charge is 0.293 e. The highest BCUT2D eigenvalue weighted by Crippen LogP contribution is 2.41. The zero-order chi connectivity index (χ0) is 30.3. The van der Waals surface area contributed by atoms with E-state index in [0.717, 1.165) is 44.5 Å². The van der Waals surface area contributed by atoms with E-state index in [2.05, 4.69) is 144 Å². The van der Waals surface area contributed by atoms with Gasteiger partial charge in [0.2, 0.25) is 5.78 Å². The zero-order valence-corrected chi connectivity index (χ0v) is 25.4. The fourth-order valence-corrected chi connectivity index (χ4v) is 8.59. The number of aryl methyl sites for hydroxylation is 2. The van der Waals surface area contributed by atoms with E-state index < -0.39 is 0 Å². The molecule has 0 amide bonds. The lowest BCUT2D eigenvalue weighted by atomic mass is 9.36. The molecule has 0 N–H and O–H groups in total. The average Bonchev–Trinajstić information content (AvgIpc) is 3.68. The number of fused-ring (bicyclic) bond motifs is 14. The summed E-state index contributed by atoms with van der Waals surface area (Å²) in [4.78, 5) is 5.61. The lowest BCUT2D eigenvalue weighted by Crippen LogP contribution is -2.57. The lowest BCUT2D eigenvalue weighted by molar-refractivity contribution is 0.649. The van der Waals surface area contributed by atoms with Crippen LogP contribution >= 0.6 is 0 Å². The Labute approximate surface area is 264 Å². The van der Waals surface area contributed by atoms with Crippen LogP contribution in [0.5, 0.6) is 0 Å². The molecule has 0 bridgehead atoms. The van der Waals surface area contributed by atoms with Gasteiger partial charge >= 0.3 is 0 Å². The maximum absolute atomic E-state index is 6.94. The molecule has 0 saturated carbocycles. The number of hydrogen-bond donors (Lipinski definition) is 0. The summed E-state index contributed by atoms with van der Waals surface area (Å²) in [5, 5.41) is 8.39. The number of aromatic nitrogens is 3. The van der Waals surface area contributed by atoms with E-state index in [1.165, 1.54) is 60.0 Å². The Morgan fingerprint density at radius 1 is 0.609 bits per heavy atom. The van der Waals surface area contributed by atoms with E-state index in [-0.39, 0.29) is 6.71 Å². The maximum atomic E-state index is 6.94. The number of benzene rings is 7. The first-order valence-electron chi connectivity index (χ1n) is 15.9. The van der Waals surface area contributed by atoms with Gasteiger partial charge in [-0.3, -0.25) is 8.97 Å². The topological polar surface area (TPSA) is 35.4 Å². The van der Waals surface area contributed by atoms with Gasteiger partial charge in [-0.25, -0.2) is 4.98 Å². The number of rotatable bonds is 1. The molecule has 0 unspecified atom stereocenters. The largest absolute Gasteiger partial charge is 0.468 e. The summed E-state index contributed by atoms with van der Waals surface area (Å²) in [6.45, 7) is 4.40. The van der Waals surface area contributed by atoms with Crippen molar-refractivity contribution in [1.82, 2.24) is 14.0 Å². The van der Waals surface area contributed by atoms with Gasteiger partial charge in [0.1, 0.15) is 5.58 Å². The standard InChI is InChI=1S/C41H26BN3O/c1-23-11-9-12-24(2)35(23)42-31-22-21-25-13-10-19-32-34(25)39(31)45(38-30-18-7-8-20-33(30)46-40(38)42)41-43-36-28-16-5-3-14-26(28)27-15-4-6-17-29(27)37(36)44(32)41/h3-22H,1-2H3. The fourth-order valence-electron chi connectivity index (χ4n) is 8.59. The van der Waals surface area contributed by atoms with Crippen LogP contribution in [0.4, 0.5) is 0 Å². The minimum Gasteiger partial charge on any atom is -0.468 e. The second kappa shape index (κ2) is 8.46. The number of nitrogens with zero attached hydrogens (tertiary/aromatic N) is 3. The molecular formula is C41H26BN3O. The predicted molar refractivity (Wildman–Crippen MR) is 192 cm³/mol. The Morgan fingerprint density at radius 2 is 1.28 bits per heavy atom. The molecule has 3 aromatic heterocycles.